The van der Waals surface area contributed by atoms with Crippen molar-refractivity contribution in [3.8, 4) is 0 Å². The number of hydrogen-bond acceptors (Lipinski definition) is 25. The molecule has 16 N–H and O–H groups in total. The zero-order valence-electron chi connectivity index (χ0n) is 31.1. The number of carbonyl (C=O) groups is 1. The van der Waals surface area contributed by atoms with Crippen molar-refractivity contribution in [1.29, 1.82) is 0 Å². The van der Waals surface area contributed by atoms with E-state index in [-0.39, 0.29) is 0 Å². The quantitative estimate of drug-likeness (QED) is 0.0818. The molecule has 26 nitrogen and oxygen atoms in total. The third kappa shape index (κ3) is 9.75. The molecule has 0 saturated carbocycles. The van der Waals surface area contributed by atoms with Gasteiger partial charge in [-0.2, -0.15) is 0 Å². The molecule has 0 spiro atoms. The van der Waals surface area contributed by atoms with E-state index in [2.05, 4.69) is 5.32 Å². The SMILES string of the molecule is CC(=O)N[C@H]1[C@H](O[C@H]2[C@@H](O)[C@@H](CO)O[C@@H](O[C@H]3[C@@H](O)[C@H](O)[C@@H](O[C@H]4[C@H](O)[C@@H](CO)OC(O)[C@@H]4O)O[C@H]3C)[C@@H]2O)O[C@H](CO)[C@@H](O)[C@@H]1O[C@@H]1O[C@H](CO)[C@H](O)[C@H](O)[C@H]1O. The summed E-state index contributed by atoms with van der Waals surface area (Å²) in [6, 6.07) is -1.64. The Bertz CT molecular complexity index is 1310. The third-order valence-electron chi connectivity index (χ3n) is 10.7. The van der Waals surface area contributed by atoms with Gasteiger partial charge in [-0.05, 0) is 6.92 Å². The summed E-state index contributed by atoms with van der Waals surface area (Å²) in [5.74, 6) is -0.784. The van der Waals surface area contributed by atoms with Gasteiger partial charge in [-0.15, -0.1) is 0 Å². The van der Waals surface area contributed by atoms with Crippen molar-refractivity contribution in [2.45, 2.75) is 167 Å². The summed E-state index contributed by atoms with van der Waals surface area (Å²) < 4.78 is 50.3. The summed E-state index contributed by atoms with van der Waals surface area (Å²) >= 11 is 0. The minimum absolute atomic E-state index is 0.784. The van der Waals surface area contributed by atoms with E-state index < -0.39 is 186 Å². The highest BCUT2D eigenvalue weighted by Gasteiger charge is 2.56. The molecule has 5 fully saturated rings. The number of ether oxygens (including phenoxy) is 9. The van der Waals surface area contributed by atoms with Crippen LogP contribution in [0.2, 0.25) is 0 Å². The maximum absolute atomic E-state index is 12.4. The topological polar surface area (TPSA) is 416 Å². The first-order chi connectivity index (χ1) is 27.4. The molecule has 0 radical (unpaired) electrons. The first kappa shape index (κ1) is 47.6. The van der Waals surface area contributed by atoms with E-state index in [0.717, 1.165) is 6.92 Å². The normalized spacial score (nSPS) is 51.6. The van der Waals surface area contributed by atoms with Crippen LogP contribution < -0.4 is 5.32 Å². The predicted molar refractivity (Wildman–Crippen MR) is 177 cm³/mol. The van der Waals surface area contributed by atoms with Crippen molar-refractivity contribution in [3.63, 3.8) is 0 Å². The van der Waals surface area contributed by atoms with E-state index in [9.17, 15) is 81.4 Å². The molecule has 338 valence electrons. The second kappa shape index (κ2) is 20.1. The molecule has 0 aromatic carbocycles. The first-order valence-corrected chi connectivity index (χ1v) is 18.5. The molecule has 5 heterocycles. The summed E-state index contributed by atoms with van der Waals surface area (Å²) in [5.41, 5.74) is 0. The Labute approximate surface area is 329 Å². The molecule has 0 aromatic heterocycles. The number of rotatable bonds is 13. The Balaban J connectivity index is 1.34. The number of amides is 1. The molecule has 25 atom stereocenters. The molecular formula is C32H55NO25. The van der Waals surface area contributed by atoms with Crippen molar-refractivity contribution in [2.75, 3.05) is 26.4 Å². The molecule has 0 bridgehead atoms. The lowest BCUT2D eigenvalue weighted by molar-refractivity contribution is -0.386. The van der Waals surface area contributed by atoms with Gasteiger partial charge in [0.1, 0.15) is 116 Å². The van der Waals surface area contributed by atoms with Crippen LogP contribution in [-0.2, 0) is 47.4 Å². The van der Waals surface area contributed by atoms with Crippen LogP contribution in [0.1, 0.15) is 13.8 Å². The smallest absolute Gasteiger partial charge is 0.217 e. The molecule has 5 rings (SSSR count). The lowest BCUT2D eigenvalue weighted by Gasteiger charge is -2.50. The molecular weight excluding hydrogens is 798 g/mol. The average molecular weight is 854 g/mol. The zero-order valence-corrected chi connectivity index (χ0v) is 31.1. The van der Waals surface area contributed by atoms with E-state index >= 15 is 0 Å². The lowest BCUT2D eigenvalue weighted by atomic mass is 9.94. The highest BCUT2D eigenvalue weighted by Crippen LogP contribution is 2.35. The summed E-state index contributed by atoms with van der Waals surface area (Å²) in [6.07, 6.45) is -42.6. The number of aliphatic hydroxyl groups excluding tert-OH is 15. The fraction of sp³-hybridized carbons (Fsp3) is 0.969. The molecule has 5 aliphatic rings. The molecule has 5 aliphatic heterocycles. The van der Waals surface area contributed by atoms with Crippen molar-refractivity contribution < 1.29 is 124 Å². The fourth-order valence-corrected chi connectivity index (χ4v) is 7.39. The Hall–Kier alpha value is -1.49. The van der Waals surface area contributed by atoms with Gasteiger partial charge in [0.05, 0.1) is 32.5 Å². The van der Waals surface area contributed by atoms with Gasteiger partial charge >= 0.3 is 0 Å². The number of hydrogen-bond donors (Lipinski definition) is 16. The van der Waals surface area contributed by atoms with Crippen LogP contribution >= 0.6 is 0 Å². The number of carbonyl (C=O) groups excluding carboxylic acids is 1. The van der Waals surface area contributed by atoms with E-state index in [4.69, 9.17) is 42.6 Å². The van der Waals surface area contributed by atoms with E-state index in [1.807, 2.05) is 0 Å². The van der Waals surface area contributed by atoms with E-state index in [0.29, 0.717) is 0 Å². The van der Waals surface area contributed by atoms with Gasteiger partial charge in [0, 0.05) is 6.92 Å². The van der Waals surface area contributed by atoms with Crippen molar-refractivity contribution in [3.05, 3.63) is 0 Å². The van der Waals surface area contributed by atoms with Gasteiger partial charge in [-0.25, -0.2) is 0 Å². The van der Waals surface area contributed by atoms with E-state index in [1.165, 1.54) is 6.92 Å². The van der Waals surface area contributed by atoms with Crippen LogP contribution in [0.15, 0.2) is 0 Å². The van der Waals surface area contributed by atoms with E-state index in [1.54, 1.807) is 0 Å². The first-order valence-electron chi connectivity index (χ1n) is 18.5. The Kier molecular flexibility index (Phi) is 16.5. The molecule has 1 amide bonds. The number of aliphatic hydroxyl groups is 15. The van der Waals surface area contributed by atoms with Crippen LogP contribution in [0.5, 0.6) is 0 Å². The summed E-state index contributed by atoms with van der Waals surface area (Å²) in [7, 11) is 0. The fourth-order valence-electron chi connectivity index (χ4n) is 7.39. The Morgan fingerprint density at radius 1 is 0.448 bits per heavy atom. The Morgan fingerprint density at radius 3 is 1.40 bits per heavy atom. The second-order valence-electron chi connectivity index (χ2n) is 14.7. The summed E-state index contributed by atoms with van der Waals surface area (Å²) in [6.45, 7) is -1.11. The summed E-state index contributed by atoms with van der Waals surface area (Å²) in [4.78, 5) is 12.4. The minimum Gasteiger partial charge on any atom is -0.394 e. The summed E-state index contributed by atoms with van der Waals surface area (Å²) in [5, 5.41) is 159. The Morgan fingerprint density at radius 2 is 0.845 bits per heavy atom. The maximum Gasteiger partial charge on any atom is 0.217 e. The lowest BCUT2D eigenvalue weighted by Crippen LogP contribution is -2.70. The van der Waals surface area contributed by atoms with Crippen LogP contribution in [0.4, 0.5) is 0 Å². The third-order valence-corrected chi connectivity index (χ3v) is 10.7. The molecule has 58 heavy (non-hydrogen) atoms. The van der Waals surface area contributed by atoms with Crippen LogP contribution in [0.3, 0.4) is 0 Å². The molecule has 0 aromatic rings. The zero-order chi connectivity index (χ0) is 42.9. The average Bonchev–Trinajstić information content (AvgIpc) is 3.19. The highest BCUT2D eigenvalue weighted by atomic mass is 16.8. The molecule has 26 heteroatoms. The number of nitrogens with one attached hydrogen (secondary N) is 1. The van der Waals surface area contributed by atoms with Crippen molar-refractivity contribution >= 4 is 5.91 Å². The van der Waals surface area contributed by atoms with Gasteiger partial charge in [0.25, 0.3) is 0 Å². The van der Waals surface area contributed by atoms with Crippen LogP contribution in [-0.4, -0.2) is 262 Å². The largest absolute Gasteiger partial charge is 0.394 e. The monoisotopic (exact) mass is 853 g/mol. The highest BCUT2D eigenvalue weighted by molar-refractivity contribution is 5.73. The standard InChI is InChI=1S/C32H55NO25/c1-7-24(19(44)21(46)30(50-7)58-26-16(41)10(4-35)51-28(49)22(26)47)55-32-23(48)27(17(42)12(6-37)54-32)57-29-13(33-8(2)38)25(15(40)11(5-36)52-29)56-31-20(45)18(43)14(39)9(3-34)53-31/h7,9-32,34-37,39-49H,3-6H2,1-2H3,(H,33,38)/t7-,9+,10+,11+,12+,13+,14-,15+,16+,17-,18-,19-,20+,21-,22+,23+,24+,25+,26-,27-,28?,29-,30+,31-,32-/m0/s1. The predicted octanol–water partition coefficient (Wildman–Crippen LogP) is -10.8. The van der Waals surface area contributed by atoms with Gasteiger partial charge in [-0.3, -0.25) is 4.79 Å². The maximum atomic E-state index is 12.4. The van der Waals surface area contributed by atoms with Crippen LogP contribution in [0, 0.1) is 0 Å². The molecule has 5 saturated heterocycles. The molecule has 1 unspecified atom stereocenters. The van der Waals surface area contributed by atoms with Gasteiger partial charge in [0.15, 0.2) is 31.5 Å². The second-order valence-corrected chi connectivity index (χ2v) is 14.7. The van der Waals surface area contributed by atoms with Crippen LogP contribution in [0.25, 0.3) is 0 Å². The minimum atomic E-state index is -2.07. The van der Waals surface area contributed by atoms with Crippen molar-refractivity contribution in [1.82, 2.24) is 5.32 Å². The van der Waals surface area contributed by atoms with Gasteiger partial charge in [-0.1, -0.05) is 0 Å². The van der Waals surface area contributed by atoms with Crippen molar-refractivity contribution in [2.24, 2.45) is 0 Å². The van der Waals surface area contributed by atoms with Gasteiger partial charge < -0.3 is 125 Å². The van der Waals surface area contributed by atoms with Gasteiger partial charge in [0.2, 0.25) is 5.91 Å². The molecule has 0 aliphatic carbocycles.